The number of aryl methyl sites for hydroxylation is 1. The Morgan fingerprint density at radius 3 is 2.61 bits per heavy atom. The van der Waals surface area contributed by atoms with Gasteiger partial charge in [0.15, 0.2) is 0 Å². The van der Waals surface area contributed by atoms with Gasteiger partial charge in [0, 0.05) is 12.6 Å². The number of rotatable bonds is 3. The number of hydrogen-bond donors (Lipinski definition) is 1. The van der Waals surface area contributed by atoms with E-state index in [1.54, 1.807) is 13.3 Å². The lowest BCUT2D eigenvalue weighted by Crippen LogP contribution is -2.01. The number of hydrogen-bond acceptors (Lipinski definition) is 3. The van der Waals surface area contributed by atoms with Gasteiger partial charge in [-0.25, -0.2) is 4.98 Å². The zero-order valence-electron chi connectivity index (χ0n) is 11.0. The maximum absolute atomic E-state index is 5.88. The lowest BCUT2D eigenvalue weighted by molar-refractivity contribution is 0.407. The maximum Gasteiger partial charge on any atom is 0.126 e. The zero-order valence-corrected chi connectivity index (χ0v) is 11.0. The fraction of sp³-hybridized carbons (Fsp3) is 0.267. The zero-order chi connectivity index (χ0) is 13.1. The molecule has 1 aromatic heterocycles. The van der Waals surface area contributed by atoms with Gasteiger partial charge in [-0.2, -0.15) is 0 Å². The first kappa shape index (κ1) is 12.4. The van der Waals surface area contributed by atoms with Gasteiger partial charge in [-0.3, -0.25) is 0 Å². The molecule has 3 heteroatoms. The molecule has 94 valence electrons. The molecule has 2 N–H and O–H groups in total. The molecule has 0 unspecified atom stereocenters. The molecule has 0 aliphatic carbocycles. The molecule has 0 amide bonds. The molecule has 2 aromatic rings. The van der Waals surface area contributed by atoms with E-state index in [1.807, 2.05) is 12.1 Å². The van der Waals surface area contributed by atoms with Gasteiger partial charge in [-0.15, -0.1) is 0 Å². The van der Waals surface area contributed by atoms with Crippen LogP contribution in [0.1, 0.15) is 22.3 Å². The topological polar surface area (TPSA) is 48.1 Å². The van der Waals surface area contributed by atoms with E-state index >= 15 is 0 Å². The number of pyridine rings is 1. The molecule has 0 atom stereocenters. The largest absolute Gasteiger partial charge is 0.496 e. The van der Waals surface area contributed by atoms with E-state index in [0.717, 1.165) is 23.3 Å². The first-order chi connectivity index (χ1) is 8.63. The number of nitrogen functional groups attached to an aromatic ring is 1. The van der Waals surface area contributed by atoms with E-state index in [-0.39, 0.29) is 0 Å². The standard InChI is InChI=1S/C15H18N2O/c1-10-6-7-12(14(18-3)11(10)2)9-13-5-4-8-17-15(13)16/h4-8H,9H2,1-3H3,(H2,16,17). The third-order valence-electron chi connectivity index (χ3n) is 3.27. The molecule has 3 nitrogen and oxygen atoms in total. The Kier molecular flexibility index (Phi) is 3.51. The number of nitrogens with two attached hydrogens (primary N) is 1. The first-order valence-corrected chi connectivity index (χ1v) is 5.96. The predicted octanol–water partition coefficient (Wildman–Crippen LogP) is 2.88. The Bertz CT molecular complexity index is 564. The van der Waals surface area contributed by atoms with Gasteiger partial charge in [0.2, 0.25) is 0 Å². The number of methoxy groups -OCH3 is 1. The summed E-state index contributed by atoms with van der Waals surface area (Å²) < 4.78 is 5.51. The highest BCUT2D eigenvalue weighted by molar-refractivity contribution is 5.50. The van der Waals surface area contributed by atoms with Crippen LogP contribution in [0.15, 0.2) is 30.5 Å². The fourth-order valence-electron chi connectivity index (χ4n) is 2.08. The molecule has 18 heavy (non-hydrogen) atoms. The summed E-state index contributed by atoms with van der Waals surface area (Å²) in [7, 11) is 1.71. The quantitative estimate of drug-likeness (QED) is 0.900. The Hall–Kier alpha value is -2.03. The van der Waals surface area contributed by atoms with Crippen molar-refractivity contribution in [3.8, 4) is 5.75 Å². The number of anilines is 1. The molecular formula is C15H18N2O. The van der Waals surface area contributed by atoms with Crippen LogP contribution in [0.3, 0.4) is 0 Å². The molecule has 2 rings (SSSR count). The lowest BCUT2D eigenvalue weighted by Gasteiger charge is -2.14. The fourth-order valence-corrected chi connectivity index (χ4v) is 2.08. The molecule has 0 saturated carbocycles. The van der Waals surface area contributed by atoms with Crippen LogP contribution in [0.4, 0.5) is 5.82 Å². The minimum Gasteiger partial charge on any atom is -0.496 e. The molecule has 0 fully saturated rings. The van der Waals surface area contributed by atoms with E-state index in [2.05, 4.69) is 31.0 Å². The monoisotopic (exact) mass is 242 g/mol. The van der Waals surface area contributed by atoms with Crippen LogP contribution in [0, 0.1) is 13.8 Å². The van der Waals surface area contributed by atoms with E-state index in [1.165, 1.54) is 11.1 Å². The molecule has 0 saturated heterocycles. The summed E-state index contributed by atoms with van der Waals surface area (Å²) in [6.45, 7) is 4.16. The summed E-state index contributed by atoms with van der Waals surface area (Å²) in [6, 6.07) is 8.10. The maximum atomic E-state index is 5.88. The number of aromatic nitrogens is 1. The van der Waals surface area contributed by atoms with Gasteiger partial charge in [0.05, 0.1) is 7.11 Å². The van der Waals surface area contributed by atoms with E-state index in [4.69, 9.17) is 10.5 Å². The summed E-state index contributed by atoms with van der Waals surface area (Å²) >= 11 is 0. The van der Waals surface area contributed by atoms with Gasteiger partial charge in [0.1, 0.15) is 11.6 Å². The molecular weight excluding hydrogens is 224 g/mol. The number of benzene rings is 1. The first-order valence-electron chi connectivity index (χ1n) is 5.96. The molecule has 0 bridgehead atoms. The van der Waals surface area contributed by atoms with Crippen molar-refractivity contribution in [1.82, 2.24) is 4.98 Å². The van der Waals surface area contributed by atoms with Crippen molar-refractivity contribution in [3.05, 3.63) is 52.7 Å². The van der Waals surface area contributed by atoms with Crippen LogP contribution in [0.5, 0.6) is 5.75 Å². The number of nitrogens with zero attached hydrogens (tertiary/aromatic N) is 1. The molecule has 0 spiro atoms. The SMILES string of the molecule is COc1c(Cc2cccnc2N)ccc(C)c1C. The summed E-state index contributed by atoms with van der Waals surface area (Å²) in [6.07, 6.45) is 2.44. The van der Waals surface area contributed by atoms with Crippen molar-refractivity contribution in [2.24, 2.45) is 0 Å². The van der Waals surface area contributed by atoms with Crippen molar-refractivity contribution in [1.29, 1.82) is 0 Å². The molecule has 1 aromatic carbocycles. The summed E-state index contributed by atoms with van der Waals surface area (Å²) in [5.41, 5.74) is 10.5. The van der Waals surface area contributed by atoms with Crippen LogP contribution in [0.2, 0.25) is 0 Å². The van der Waals surface area contributed by atoms with Crippen molar-refractivity contribution in [2.45, 2.75) is 20.3 Å². The predicted molar refractivity (Wildman–Crippen MR) is 73.9 cm³/mol. The minimum absolute atomic E-state index is 0.581. The van der Waals surface area contributed by atoms with Gasteiger partial charge >= 0.3 is 0 Å². The van der Waals surface area contributed by atoms with Crippen LogP contribution < -0.4 is 10.5 Å². The average Bonchev–Trinajstić information content (AvgIpc) is 2.37. The molecule has 0 radical (unpaired) electrons. The second-order valence-corrected chi connectivity index (χ2v) is 4.42. The lowest BCUT2D eigenvalue weighted by atomic mass is 9.99. The minimum atomic E-state index is 0.581. The molecule has 0 aliphatic heterocycles. The second-order valence-electron chi connectivity index (χ2n) is 4.42. The highest BCUT2D eigenvalue weighted by Gasteiger charge is 2.10. The summed E-state index contributed by atoms with van der Waals surface area (Å²) in [4.78, 5) is 4.11. The Morgan fingerprint density at radius 1 is 1.17 bits per heavy atom. The van der Waals surface area contributed by atoms with Crippen LogP contribution in [-0.2, 0) is 6.42 Å². The summed E-state index contributed by atoms with van der Waals surface area (Å²) in [5.74, 6) is 1.52. The molecule has 1 heterocycles. The van der Waals surface area contributed by atoms with Crippen LogP contribution >= 0.6 is 0 Å². The van der Waals surface area contributed by atoms with Crippen LogP contribution in [-0.4, -0.2) is 12.1 Å². The Morgan fingerprint density at radius 2 is 1.94 bits per heavy atom. The van der Waals surface area contributed by atoms with E-state index in [9.17, 15) is 0 Å². The number of ether oxygens (including phenoxy) is 1. The smallest absolute Gasteiger partial charge is 0.126 e. The van der Waals surface area contributed by atoms with Crippen molar-refractivity contribution >= 4 is 5.82 Å². The molecule has 0 aliphatic rings. The van der Waals surface area contributed by atoms with E-state index < -0.39 is 0 Å². The van der Waals surface area contributed by atoms with Gasteiger partial charge in [0.25, 0.3) is 0 Å². The van der Waals surface area contributed by atoms with Crippen molar-refractivity contribution in [3.63, 3.8) is 0 Å². The average molecular weight is 242 g/mol. The van der Waals surface area contributed by atoms with E-state index in [0.29, 0.717) is 5.82 Å². The van der Waals surface area contributed by atoms with Gasteiger partial charge in [-0.05, 0) is 42.2 Å². The Balaban J connectivity index is 2.41. The second kappa shape index (κ2) is 5.08. The van der Waals surface area contributed by atoms with Crippen LogP contribution in [0.25, 0.3) is 0 Å². The normalized spacial score (nSPS) is 10.4. The Labute approximate surface area is 108 Å². The third kappa shape index (κ3) is 2.30. The summed E-state index contributed by atoms with van der Waals surface area (Å²) in [5, 5.41) is 0. The third-order valence-corrected chi connectivity index (χ3v) is 3.27. The van der Waals surface area contributed by atoms with Gasteiger partial charge in [-0.1, -0.05) is 18.2 Å². The highest BCUT2D eigenvalue weighted by Crippen LogP contribution is 2.28. The van der Waals surface area contributed by atoms with Gasteiger partial charge < -0.3 is 10.5 Å². The van der Waals surface area contributed by atoms with Crippen molar-refractivity contribution < 1.29 is 4.74 Å². The van der Waals surface area contributed by atoms with Crippen molar-refractivity contribution in [2.75, 3.05) is 12.8 Å². The highest BCUT2D eigenvalue weighted by atomic mass is 16.5.